The maximum absolute atomic E-state index is 11.9. The van der Waals surface area contributed by atoms with Gasteiger partial charge in [-0.3, -0.25) is 9.59 Å². The van der Waals surface area contributed by atoms with Gasteiger partial charge in [-0.15, -0.1) is 11.3 Å². The molecular weight excluding hydrogens is 246 g/mol. The second-order valence-corrected chi connectivity index (χ2v) is 5.21. The number of amides is 1. The SMILES string of the molecule is O=C(Cl)C1CCCN1C(=O)Cc1cccs1. The van der Waals surface area contributed by atoms with Crippen molar-refractivity contribution in [3.05, 3.63) is 22.4 Å². The standard InChI is InChI=1S/C11H12ClNO2S/c12-11(15)9-4-1-5-13(9)10(14)7-8-3-2-6-16-8/h2-3,6,9H,1,4-5,7H2. The normalized spacial score (nSPS) is 20.1. The summed E-state index contributed by atoms with van der Waals surface area (Å²) in [7, 11) is 0. The lowest BCUT2D eigenvalue weighted by Gasteiger charge is -2.21. The van der Waals surface area contributed by atoms with Crippen LogP contribution in [-0.4, -0.2) is 28.6 Å². The molecule has 0 radical (unpaired) electrons. The van der Waals surface area contributed by atoms with Crippen LogP contribution in [0.15, 0.2) is 17.5 Å². The first kappa shape index (κ1) is 11.6. The minimum atomic E-state index is -0.419. The van der Waals surface area contributed by atoms with Crippen molar-refractivity contribution in [2.75, 3.05) is 6.54 Å². The number of thiophene rings is 1. The van der Waals surface area contributed by atoms with Gasteiger partial charge in [0.15, 0.2) is 0 Å². The van der Waals surface area contributed by atoms with Crippen molar-refractivity contribution >= 4 is 34.1 Å². The molecule has 2 heterocycles. The second kappa shape index (κ2) is 4.97. The van der Waals surface area contributed by atoms with Crippen LogP contribution in [-0.2, 0) is 16.0 Å². The number of nitrogens with zero attached hydrogens (tertiary/aromatic N) is 1. The number of halogens is 1. The van der Waals surface area contributed by atoms with E-state index in [0.29, 0.717) is 19.4 Å². The Labute approximate surface area is 103 Å². The zero-order chi connectivity index (χ0) is 11.5. The molecule has 1 aliphatic heterocycles. The number of hydrogen-bond donors (Lipinski definition) is 0. The summed E-state index contributed by atoms with van der Waals surface area (Å²) in [6.07, 6.45) is 1.93. The molecule has 0 aliphatic carbocycles. The highest BCUT2D eigenvalue weighted by Gasteiger charge is 2.32. The third-order valence-electron chi connectivity index (χ3n) is 2.74. The van der Waals surface area contributed by atoms with Gasteiger partial charge in [0.2, 0.25) is 11.1 Å². The van der Waals surface area contributed by atoms with Crippen LogP contribution in [0.3, 0.4) is 0 Å². The molecule has 1 aromatic rings. The summed E-state index contributed by atoms with van der Waals surface area (Å²) < 4.78 is 0. The minimum Gasteiger partial charge on any atom is -0.331 e. The van der Waals surface area contributed by atoms with Gasteiger partial charge in [0, 0.05) is 11.4 Å². The van der Waals surface area contributed by atoms with Gasteiger partial charge < -0.3 is 4.90 Å². The molecule has 1 aromatic heterocycles. The molecule has 3 nitrogen and oxygen atoms in total. The van der Waals surface area contributed by atoms with E-state index in [1.54, 1.807) is 16.2 Å². The molecule has 1 amide bonds. The van der Waals surface area contributed by atoms with E-state index < -0.39 is 11.3 Å². The average Bonchev–Trinajstić information content (AvgIpc) is 2.86. The van der Waals surface area contributed by atoms with E-state index in [4.69, 9.17) is 11.6 Å². The molecule has 0 aromatic carbocycles. The largest absolute Gasteiger partial charge is 0.331 e. The monoisotopic (exact) mass is 257 g/mol. The first-order valence-corrected chi connectivity index (χ1v) is 6.45. The van der Waals surface area contributed by atoms with E-state index in [-0.39, 0.29) is 5.91 Å². The summed E-state index contributed by atoms with van der Waals surface area (Å²) in [6, 6.07) is 3.44. The van der Waals surface area contributed by atoms with Crippen molar-refractivity contribution in [1.82, 2.24) is 4.90 Å². The second-order valence-electron chi connectivity index (χ2n) is 3.81. The maximum atomic E-state index is 11.9. The lowest BCUT2D eigenvalue weighted by atomic mass is 10.2. The lowest BCUT2D eigenvalue weighted by Crippen LogP contribution is -2.39. The van der Waals surface area contributed by atoms with Gasteiger partial charge in [-0.25, -0.2) is 0 Å². The van der Waals surface area contributed by atoms with Gasteiger partial charge in [0.1, 0.15) is 6.04 Å². The Bertz CT molecular complexity index is 391. The summed E-state index contributed by atoms with van der Waals surface area (Å²) in [6.45, 7) is 0.646. The minimum absolute atomic E-state index is 0.000972. The van der Waals surface area contributed by atoms with Crippen molar-refractivity contribution in [3.63, 3.8) is 0 Å². The van der Waals surface area contributed by atoms with Gasteiger partial charge in [-0.05, 0) is 35.9 Å². The molecule has 1 unspecified atom stereocenters. The van der Waals surface area contributed by atoms with E-state index in [2.05, 4.69) is 0 Å². The third kappa shape index (κ3) is 2.44. The number of likely N-dealkylation sites (tertiary alicyclic amines) is 1. The highest BCUT2D eigenvalue weighted by Crippen LogP contribution is 2.21. The summed E-state index contributed by atoms with van der Waals surface area (Å²) in [4.78, 5) is 25.7. The Morgan fingerprint density at radius 3 is 3.00 bits per heavy atom. The Balaban J connectivity index is 2.01. The topological polar surface area (TPSA) is 37.4 Å². The van der Waals surface area contributed by atoms with Gasteiger partial charge in [0.25, 0.3) is 0 Å². The molecule has 0 N–H and O–H groups in total. The molecule has 1 saturated heterocycles. The van der Waals surface area contributed by atoms with E-state index >= 15 is 0 Å². The van der Waals surface area contributed by atoms with Gasteiger partial charge >= 0.3 is 0 Å². The molecule has 1 atom stereocenters. The Hall–Kier alpha value is -0.870. The van der Waals surface area contributed by atoms with Crippen LogP contribution in [0.2, 0.25) is 0 Å². The van der Waals surface area contributed by atoms with Crippen LogP contribution in [0.5, 0.6) is 0 Å². The fraction of sp³-hybridized carbons (Fsp3) is 0.455. The van der Waals surface area contributed by atoms with Gasteiger partial charge in [0.05, 0.1) is 6.42 Å². The zero-order valence-electron chi connectivity index (χ0n) is 8.69. The third-order valence-corrected chi connectivity index (χ3v) is 3.87. The smallest absolute Gasteiger partial charge is 0.244 e. The van der Waals surface area contributed by atoms with Crippen LogP contribution in [0.4, 0.5) is 0 Å². The molecule has 86 valence electrons. The molecular formula is C11H12ClNO2S. The fourth-order valence-electron chi connectivity index (χ4n) is 1.96. The Kier molecular flexibility index (Phi) is 3.61. The number of carbonyl (C=O) groups is 2. The van der Waals surface area contributed by atoms with Crippen molar-refractivity contribution < 1.29 is 9.59 Å². The molecule has 0 bridgehead atoms. The number of rotatable bonds is 3. The number of hydrogen-bond acceptors (Lipinski definition) is 3. The molecule has 0 saturated carbocycles. The van der Waals surface area contributed by atoms with Crippen LogP contribution in [0, 0.1) is 0 Å². The van der Waals surface area contributed by atoms with E-state index in [0.717, 1.165) is 11.3 Å². The number of carbonyl (C=O) groups excluding carboxylic acids is 2. The van der Waals surface area contributed by atoms with E-state index in [9.17, 15) is 9.59 Å². The predicted octanol–water partition coefficient (Wildman–Crippen LogP) is 2.05. The van der Waals surface area contributed by atoms with Gasteiger partial charge in [-0.2, -0.15) is 0 Å². The molecule has 5 heteroatoms. The lowest BCUT2D eigenvalue weighted by molar-refractivity contribution is -0.134. The summed E-state index contributed by atoms with van der Waals surface area (Å²) >= 11 is 7.03. The van der Waals surface area contributed by atoms with Crippen molar-refractivity contribution in [1.29, 1.82) is 0 Å². The molecule has 1 aliphatic rings. The Morgan fingerprint density at radius 1 is 1.56 bits per heavy atom. The average molecular weight is 258 g/mol. The van der Waals surface area contributed by atoms with Crippen LogP contribution in [0.25, 0.3) is 0 Å². The summed E-state index contributed by atoms with van der Waals surface area (Å²) in [5, 5.41) is 1.52. The van der Waals surface area contributed by atoms with E-state index in [1.807, 2.05) is 17.5 Å². The molecule has 16 heavy (non-hydrogen) atoms. The summed E-state index contributed by atoms with van der Waals surface area (Å²) in [5.41, 5.74) is 0. The highest BCUT2D eigenvalue weighted by molar-refractivity contribution is 7.10. The van der Waals surface area contributed by atoms with Crippen molar-refractivity contribution in [2.24, 2.45) is 0 Å². The summed E-state index contributed by atoms with van der Waals surface area (Å²) in [5.74, 6) is -0.000972. The van der Waals surface area contributed by atoms with Gasteiger partial charge in [-0.1, -0.05) is 6.07 Å². The quantitative estimate of drug-likeness (QED) is 0.778. The predicted molar refractivity (Wildman–Crippen MR) is 63.6 cm³/mol. The zero-order valence-corrected chi connectivity index (χ0v) is 10.3. The van der Waals surface area contributed by atoms with Crippen LogP contribution >= 0.6 is 22.9 Å². The molecule has 2 rings (SSSR count). The Morgan fingerprint density at radius 2 is 2.38 bits per heavy atom. The molecule has 0 spiro atoms. The fourth-order valence-corrected chi connectivity index (χ4v) is 2.89. The first-order valence-electron chi connectivity index (χ1n) is 5.19. The van der Waals surface area contributed by atoms with Crippen LogP contribution < -0.4 is 0 Å². The van der Waals surface area contributed by atoms with Crippen molar-refractivity contribution in [3.8, 4) is 0 Å². The van der Waals surface area contributed by atoms with Crippen molar-refractivity contribution in [2.45, 2.75) is 25.3 Å². The highest BCUT2D eigenvalue weighted by atomic mass is 35.5. The first-order chi connectivity index (χ1) is 7.68. The molecule has 1 fully saturated rings. The van der Waals surface area contributed by atoms with E-state index in [1.165, 1.54) is 0 Å². The maximum Gasteiger partial charge on any atom is 0.244 e. The van der Waals surface area contributed by atoms with Crippen LogP contribution in [0.1, 0.15) is 17.7 Å².